The molecule has 1 saturated heterocycles. The second-order valence-electron chi connectivity index (χ2n) is 8.72. The molecule has 0 aliphatic carbocycles. The van der Waals surface area contributed by atoms with Gasteiger partial charge < -0.3 is 9.88 Å². The van der Waals surface area contributed by atoms with Crippen LogP contribution < -0.4 is 5.32 Å². The van der Waals surface area contributed by atoms with Crippen molar-refractivity contribution >= 4 is 51.5 Å². The van der Waals surface area contributed by atoms with Crippen molar-refractivity contribution in [2.45, 2.75) is 12.7 Å². The summed E-state index contributed by atoms with van der Waals surface area (Å²) in [6, 6.07) is 17.8. The number of hydrogen-bond acceptors (Lipinski definition) is 4. The largest absolute Gasteiger partial charge is 0.416 e. The Morgan fingerprint density at radius 3 is 2.49 bits per heavy atom. The molecule has 3 aromatic carbocycles. The highest BCUT2D eigenvalue weighted by Gasteiger charge is 2.37. The van der Waals surface area contributed by atoms with Crippen molar-refractivity contribution in [2.24, 2.45) is 0 Å². The lowest BCUT2D eigenvalue weighted by atomic mass is 10.1. The zero-order chi connectivity index (χ0) is 27.7. The van der Waals surface area contributed by atoms with Crippen molar-refractivity contribution < 1.29 is 31.9 Å². The topological polar surface area (TPSA) is 71.4 Å². The highest BCUT2D eigenvalue weighted by molar-refractivity contribution is 8.18. The molecule has 11 heteroatoms. The summed E-state index contributed by atoms with van der Waals surface area (Å²) in [6.07, 6.45) is -1.29. The van der Waals surface area contributed by atoms with E-state index in [0.29, 0.717) is 22.9 Å². The van der Waals surface area contributed by atoms with Gasteiger partial charge in [-0.15, -0.1) is 0 Å². The van der Waals surface area contributed by atoms with Crippen molar-refractivity contribution in [3.8, 4) is 0 Å². The molecule has 2 heterocycles. The number of para-hydroxylation sites is 1. The fraction of sp³-hybridized carbons (Fsp3) is 0.107. The van der Waals surface area contributed by atoms with Crippen LogP contribution in [0.4, 0.5) is 28.0 Å². The van der Waals surface area contributed by atoms with Crippen LogP contribution in [-0.2, 0) is 22.3 Å². The molecule has 0 saturated carbocycles. The molecular weight excluding hydrogens is 534 g/mol. The molecule has 1 aliphatic heterocycles. The van der Waals surface area contributed by atoms with Gasteiger partial charge in [0.15, 0.2) is 0 Å². The summed E-state index contributed by atoms with van der Waals surface area (Å²) in [5, 5.41) is 2.39. The Morgan fingerprint density at radius 2 is 1.72 bits per heavy atom. The molecule has 0 radical (unpaired) electrons. The highest BCUT2D eigenvalue weighted by atomic mass is 32.2. The maximum absolute atomic E-state index is 14.3. The van der Waals surface area contributed by atoms with Crippen molar-refractivity contribution in [1.82, 2.24) is 9.47 Å². The number of fused-ring (bicyclic) bond motifs is 1. The number of anilines is 1. The van der Waals surface area contributed by atoms with E-state index in [0.717, 1.165) is 34.0 Å². The van der Waals surface area contributed by atoms with E-state index in [4.69, 9.17) is 0 Å². The Labute approximate surface area is 223 Å². The quantitative estimate of drug-likeness (QED) is 0.218. The first kappa shape index (κ1) is 26.2. The Morgan fingerprint density at radius 1 is 0.974 bits per heavy atom. The van der Waals surface area contributed by atoms with Gasteiger partial charge in [-0.05, 0) is 48.2 Å². The fourth-order valence-corrected chi connectivity index (χ4v) is 5.06. The van der Waals surface area contributed by atoms with E-state index in [1.807, 2.05) is 28.8 Å². The number of carbonyl (C=O) groups excluding carboxylic acids is 3. The van der Waals surface area contributed by atoms with Crippen LogP contribution >= 0.6 is 11.8 Å². The third kappa shape index (κ3) is 5.58. The number of aromatic nitrogens is 1. The molecule has 0 bridgehead atoms. The number of thioether (sulfide) groups is 1. The van der Waals surface area contributed by atoms with Crippen molar-refractivity contribution in [3.63, 3.8) is 0 Å². The first-order valence-electron chi connectivity index (χ1n) is 11.6. The van der Waals surface area contributed by atoms with E-state index < -0.39 is 35.3 Å². The van der Waals surface area contributed by atoms with Crippen molar-refractivity contribution in [1.29, 1.82) is 0 Å². The number of carbonyl (C=O) groups is 3. The zero-order valence-corrected chi connectivity index (χ0v) is 20.9. The van der Waals surface area contributed by atoms with Gasteiger partial charge in [-0.2, -0.15) is 13.2 Å². The van der Waals surface area contributed by atoms with Crippen molar-refractivity contribution in [3.05, 3.63) is 106 Å². The number of benzene rings is 3. The lowest BCUT2D eigenvalue weighted by Gasteiger charge is -2.13. The molecule has 0 atom stereocenters. The van der Waals surface area contributed by atoms with E-state index in [2.05, 4.69) is 5.32 Å². The average Bonchev–Trinajstić information content (AvgIpc) is 3.37. The molecule has 39 heavy (non-hydrogen) atoms. The van der Waals surface area contributed by atoms with E-state index in [9.17, 15) is 31.9 Å². The Hall–Kier alpha value is -4.38. The Bertz CT molecular complexity index is 1640. The zero-order valence-electron chi connectivity index (χ0n) is 20.0. The fourth-order valence-electron chi connectivity index (χ4n) is 4.23. The van der Waals surface area contributed by atoms with Gasteiger partial charge in [-0.1, -0.05) is 42.5 Å². The van der Waals surface area contributed by atoms with Crippen LogP contribution in [0.3, 0.4) is 0 Å². The summed E-state index contributed by atoms with van der Waals surface area (Å²) in [7, 11) is 0. The molecule has 3 amide bonds. The van der Waals surface area contributed by atoms with Crippen LogP contribution in [0.25, 0.3) is 17.0 Å². The number of hydrogen-bond donors (Lipinski definition) is 1. The second kappa shape index (κ2) is 10.4. The molecule has 4 aromatic rings. The van der Waals surface area contributed by atoms with Crippen LogP contribution in [0.15, 0.2) is 83.9 Å². The third-order valence-corrected chi connectivity index (χ3v) is 6.96. The van der Waals surface area contributed by atoms with Gasteiger partial charge in [-0.25, -0.2) is 4.39 Å². The smallest absolute Gasteiger partial charge is 0.342 e. The number of rotatable bonds is 6. The number of nitrogens with zero attached hydrogens (tertiary/aromatic N) is 2. The maximum Gasteiger partial charge on any atom is 0.416 e. The van der Waals surface area contributed by atoms with Gasteiger partial charge in [0.25, 0.3) is 11.1 Å². The van der Waals surface area contributed by atoms with Gasteiger partial charge in [0.2, 0.25) is 5.91 Å². The SMILES string of the molecule is O=C(CN1C(=O)SC(=Cc2cn(Cc3ccccc3F)c3ccccc23)C1=O)Nc1cccc(C(F)(F)F)c1. The number of alkyl halides is 3. The van der Waals surface area contributed by atoms with E-state index >= 15 is 0 Å². The molecule has 1 aliphatic rings. The van der Waals surface area contributed by atoms with E-state index in [1.54, 1.807) is 24.4 Å². The molecule has 1 aromatic heterocycles. The summed E-state index contributed by atoms with van der Waals surface area (Å²) in [5.74, 6) is -1.86. The van der Waals surface area contributed by atoms with E-state index in [-0.39, 0.29) is 23.0 Å². The van der Waals surface area contributed by atoms with Gasteiger partial charge in [0, 0.05) is 33.9 Å². The molecule has 5 rings (SSSR count). The monoisotopic (exact) mass is 553 g/mol. The maximum atomic E-state index is 14.3. The minimum Gasteiger partial charge on any atom is -0.342 e. The van der Waals surface area contributed by atoms with Gasteiger partial charge in [0.1, 0.15) is 12.4 Å². The number of amides is 3. The summed E-state index contributed by atoms with van der Waals surface area (Å²) in [6.45, 7) is -0.411. The molecule has 198 valence electrons. The van der Waals surface area contributed by atoms with Gasteiger partial charge in [0.05, 0.1) is 17.0 Å². The summed E-state index contributed by atoms with van der Waals surface area (Å²) in [4.78, 5) is 38.8. The van der Waals surface area contributed by atoms with Crippen LogP contribution in [0.1, 0.15) is 16.7 Å². The average molecular weight is 554 g/mol. The first-order valence-corrected chi connectivity index (χ1v) is 12.5. The Balaban J connectivity index is 1.35. The molecule has 0 unspecified atom stereocenters. The first-order chi connectivity index (χ1) is 18.6. The lowest BCUT2D eigenvalue weighted by Crippen LogP contribution is -2.36. The molecule has 1 N–H and O–H groups in total. The molecule has 0 spiro atoms. The molecular formula is C28H19F4N3O3S. The van der Waals surface area contributed by atoms with Crippen molar-refractivity contribution in [2.75, 3.05) is 11.9 Å². The number of nitrogens with one attached hydrogen (secondary N) is 1. The van der Waals surface area contributed by atoms with Crippen LogP contribution in [0.2, 0.25) is 0 Å². The molecule has 1 fully saturated rings. The van der Waals surface area contributed by atoms with Crippen LogP contribution in [0.5, 0.6) is 0 Å². The van der Waals surface area contributed by atoms with Crippen LogP contribution in [-0.4, -0.2) is 33.1 Å². The summed E-state index contributed by atoms with van der Waals surface area (Å²) < 4.78 is 54.9. The predicted molar refractivity (Wildman–Crippen MR) is 140 cm³/mol. The normalized spacial score (nSPS) is 15.0. The standard InChI is InChI=1S/C28H19F4N3O3S/c29-22-10-3-1-6-17(22)14-34-15-18(21-9-2-4-11-23(21)34)12-24-26(37)35(27(38)39-24)16-25(36)33-20-8-5-7-19(13-20)28(30,31)32/h1-13,15H,14,16H2,(H,33,36). The minimum atomic E-state index is -4.59. The van der Waals surface area contributed by atoms with Crippen LogP contribution in [0, 0.1) is 5.82 Å². The summed E-state index contributed by atoms with van der Waals surface area (Å²) in [5.41, 5.74) is 0.855. The summed E-state index contributed by atoms with van der Waals surface area (Å²) >= 11 is 0.655. The Kier molecular flexibility index (Phi) is 7.00. The van der Waals surface area contributed by atoms with Gasteiger partial charge >= 0.3 is 6.18 Å². The second-order valence-corrected chi connectivity index (χ2v) is 9.71. The number of imide groups is 1. The molecule has 6 nitrogen and oxygen atoms in total. The third-order valence-electron chi connectivity index (χ3n) is 6.05. The van der Waals surface area contributed by atoms with E-state index in [1.165, 1.54) is 18.2 Å². The minimum absolute atomic E-state index is 0.0839. The highest BCUT2D eigenvalue weighted by Crippen LogP contribution is 2.35. The predicted octanol–water partition coefficient (Wildman–Crippen LogP) is 6.52. The lowest BCUT2D eigenvalue weighted by molar-refractivity contribution is -0.137. The number of halogens is 4. The van der Waals surface area contributed by atoms with Gasteiger partial charge in [-0.3, -0.25) is 19.3 Å².